The van der Waals surface area contributed by atoms with Gasteiger partial charge in [-0.2, -0.15) is 13.2 Å². The van der Waals surface area contributed by atoms with E-state index in [1.54, 1.807) is 7.05 Å². The van der Waals surface area contributed by atoms with Gasteiger partial charge in [0, 0.05) is 6.54 Å². The van der Waals surface area contributed by atoms with Gasteiger partial charge in [0.1, 0.15) is 11.9 Å². The van der Waals surface area contributed by atoms with Gasteiger partial charge < -0.3 is 10.1 Å². The Labute approximate surface area is 92.4 Å². The zero-order chi connectivity index (χ0) is 12.2. The van der Waals surface area contributed by atoms with Gasteiger partial charge in [0.25, 0.3) is 0 Å². The summed E-state index contributed by atoms with van der Waals surface area (Å²) in [7, 11) is 1.78. The lowest BCUT2D eigenvalue weighted by Gasteiger charge is -2.14. The summed E-state index contributed by atoms with van der Waals surface area (Å²) in [6.07, 6.45) is -4.38. The molecule has 1 aromatic rings. The second-order valence-corrected chi connectivity index (χ2v) is 3.51. The molecule has 0 saturated heterocycles. The molecule has 1 atom stereocenters. The smallest absolute Gasteiger partial charge is 0.416 e. The number of hydrogen-bond acceptors (Lipinski definition) is 2. The standard InChI is InChI=1S/C11H14F3NO/c1-8(7-15-2)16-10-5-3-9(4-6-10)11(12,13)14/h3-6,8,15H,7H2,1-2H3/t8-/m1/s1. The fourth-order valence-electron chi connectivity index (χ4n) is 1.28. The molecule has 0 aliphatic rings. The molecule has 0 amide bonds. The Morgan fingerprint density at radius 1 is 1.25 bits per heavy atom. The number of nitrogens with one attached hydrogen (secondary N) is 1. The van der Waals surface area contributed by atoms with E-state index in [0.29, 0.717) is 12.3 Å². The molecule has 2 nitrogen and oxygen atoms in total. The molecule has 0 heterocycles. The van der Waals surface area contributed by atoms with Gasteiger partial charge in [-0.05, 0) is 38.2 Å². The number of rotatable bonds is 4. The number of alkyl halides is 3. The van der Waals surface area contributed by atoms with E-state index in [4.69, 9.17) is 4.74 Å². The minimum Gasteiger partial charge on any atom is -0.489 e. The molecule has 0 bridgehead atoms. The van der Waals surface area contributed by atoms with Gasteiger partial charge in [-0.15, -0.1) is 0 Å². The van der Waals surface area contributed by atoms with Crippen molar-refractivity contribution in [3.05, 3.63) is 29.8 Å². The van der Waals surface area contributed by atoms with Crippen LogP contribution >= 0.6 is 0 Å². The second kappa shape index (κ2) is 5.21. The fraction of sp³-hybridized carbons (Fsp3) is 0.455. The molecule has 0 aromatic heterocycles. The quantitative estimate of drug-likeness (QED) is 0.863. The third-order valence-corrected chi connectivity index (χ3v) is 2.01. The molecule has 0 saturated carbocycles. The lowest BCUT2D eigenvalue weighted by molar-refractivity contribution is -0.137. The van der Waals surface area contributed by atoms with Gasteiger partial charge in [0.15, 0.2) is 0 Å². The lowest BCUT2D eigenvalue weighted by atomic mass is 10.2. The molecule has 0 spiro atoms. The van der Waals surface area contributed by atoms with Gasteiger partial charge in [-0.1, -0.05) is 0 Å². The van der Waals surface area contributed by atoms with Gasteiger partial charge in [-0.3, -0.25) is 0 Å². The first-order valence-electron chi connectivity index (χ1n) is 4.92. The number of ether oxygens (including phenoxy) is 1. The van der Waals surface area contributed by atoms with E-state index in [2.05, 4.69) is 5.32 Å². The van der Waals surface area contributed by atoms with Crippen LogP contribution in [0.25, 0.3) is 0 Å². The zero-order valence-electron chi connectivity index (χ0n) is 9.14. The summed E-state index contributed by atoms with van der Waals surface area (Å²) in [5.74, 6) is 0.441. The van der Waals surface area contributed by atoms with Gasteiger partial charge in [0.05, 0.1) is 5.56 Å². The van der Waals surface area contributed by atoms with E-state index in [-0.39, 0.29) is 6.10 Å². The molecule has 16 heavy (non-hydrogen) atoms. The number of halogens is 3. The van der Waals surface area contributed by atoms with Gasteiger partial charge >= 0.3 is 6.18 Å². The Morgan fingerprint density at radius 2 is 1.81 bits per heavy atom. The number of benzene rings is 1. The highest BCUT2D eigenvalue weighted by atomic mass is 19.4. The molecular weight excluding hydrogens is 219 g/mol. The van der Waals surface area contributed by atoms with E-state index < -0.39 is 11.7 Å². The lowest BCUT2D eigenvalue weighted by Crippen LogP contribution is -2.26. The molecule has 1 rings (SSSR count). The highest BCUT2D eigenvalue weighted by Gasteiger charge is 2.30. The first-order chi connectivity index (χ1) is 7.43. The summed E-state index contributed by atoms with van der Waals surface area (Å²) in [4.78, 5) is 0. The Bertz CT molecular complexity index is 321. The van der Waals surface area contributed by atoms with E-state index in [9.17, 15) is 13.2 Å². The monoisotopic (exact) mass is 233 g/mol. The third kappa shape index (κ3) is 3.73. The summed E-state index contributed by atoms with van der Waals surface area (Å²) in [5.41, 5.74) is -0.666. The van der Waals surface area contributed by atoms with Crippen molar-refractivity contribution < 1.29 is 17.9 Å². The highest BCUT2D eigenvalue weighted by molar-refractivity contribution is 5.28. The van der Waals surface area contributed by atoms with Gasteiger partial charge in [0.2, 0.25) is 0 Å². The maximum absolute atomic E-state index is 12.3. The normalized spacial score (nSPS) is 13.6. The molecule has 1 aromatic carbocycles. The van der Waals surface area contributed by atoms with Gasteiger partial charge in [-0.25, -0.2) is 0 Å². The predicted molar refractivity (Wildman–Crippen MR) is 55.5 cm³/mol. The van der Waals surface area contributed by atoms with Crippen molar-refractivity contribution >= 4 is 0 Å². The van der Waals surface area contributed by atoms with Crippen molar-refractivity contribution in [3.63, 3.8) is 0 Å². The van der Waals surface area contributed by atoms with Crippen LogP contribution in [0.5, 0.6) is 5.75 Å². The SMILES string of the molecule is CNC[C@@H](C)Oc1ccc(C(F)(F)F)cc1. The van der Waals surface area contributed by atoms with Crippen molar-refractivity contribution in [2.75, 3.05) is 13.6 Å². The summed E-state index contributed by atoms with van der Waals surface area (Å²) in [5, 5.41) is 2.92. The van der Waals surface area contributed by atoms with Crippen molar-refractivity contribution in [3.8, 4) is 5.75 Å². The van der Waals surface area contributed by atoms with Crippen molar-refractivity contribution in [2.45, 2.75) is 19.2 Å². The Hall–Kier alpha value is -1.23. The van der Waals surface area contributed by atoms with Crippen LogP contribution in [-0.2, 0) is 6.18 Å². The molecular formula is C11H14F3NO. The zero-order valence-corrected chi connectivity index (χ0v) is 9.14. The maximum atomic E-state index is 12.3. The summed E-state index contributed by atoms with van der Waals surface area (Å²) >= 11 is 0. The molecule has 90 valence electrons. The van der Waals surface area contributed by atoms with Crippen LogP contribution in [0, 0.1) is 0 Å². The van der Waals surface area contributed by atoms with E-state index in [0.717, 1.165) is 12.1 Å². The van der Waals surface area contributed by atoms with Crippen LogP contribution in [0.1, 0.15) is 12.5 Å². The second-order valence-electron chi connectivity index (χ2n) is 3.51. The van der Waals surface area contributed by atoms with Crippen LogP contribution in [0.2, 0.25) is 0 Å². The largest absolute Gasteiger partial charge is 0.489 e. The minimum atomic E-state index is -4.30. The molecule has 0 aliphatic carbocycles. The predicted octanol–water partition coefficient (Wildman–Crippen LogP) is 2.69. The first kappa shape index (κ1) is 12.8. The minimum absolute atomic E-state index is 0.0817. The summed E-state index contributed by atoms with van der Waals surface area (Å²) < 4.78 is 42.1. The third-order valence-electron chi connectivity index (χ3n) is 2.01. The van der Waals surface area contributed by atoms with Crippen molar-refractivity contribution in [1.82, 2.24) is 5.32 Å². The average molecular weight is 233 g/mol. The topological polar surface area (TPSA) is 21.3 Å². The summed E-state index contributed by atoms with van der Waals surface area (Å²) in [6.45, 7) is 2.48. The van der Waals surface area contributed by atoms with Crippen LogP contribution in [-0.4, -0.2) is 19.7 Å². The molecule has 1 N–H and O–H groups in total. The summed E-state index contributed by atoms with van der Waals surface area (Å²) in [6, 6.07) is 4.69. The highest BCUT2D eigenvalue weighted by Crippen LogP contribution is 2.30. The van der Waals surface area contributed by atoms with Crippen molar-refractivity contribution in [1.29, 1.82) is 0 Å². The molecule has 0 radical (unpaired) electrons. The van der Waals surface area contributed by atoms with E-state index in [1.165, 1.54) is 12.1 Å². The Kier molecular flexibility index (Phi) is 4.18. The van der Waals surface area contributed by atoms with Crippen LogP contribution < -0.4 is 10.1 Å². The number of hydrogen-bond donors (Lipinski definition) is 1. The van der Waals surface area contributed by atoms with E-state index in [1.807, 2.05) is 6.92 Å². The van der Waals surface area contributed by atoms with E-state index >= 15 is 0 Å². The Balaban J connectivity index is 2.65. The average Bonchev–Trinajstić information content (AvgIpc) is 2.17. The molecule has 0 fully saturated rings. The van der Waals surface area contributed by atoms with Crippen LogP contribution in [0.3, 0.4) is 0 Å². The fourth-order valence-corrected chi connectivity index (χ4v) is 1.28. The molecule has 0 aliphatic heterocycles. The number of likely N-dealkylation sites (N-methyl/N-ethyl adjacent to an activating group) is 1. The maximum Gasteiger partial charge on any atom is 0.416 e. The van der Waals surface area contributed by atoms with Crippen LogP contribution in [0.4, 0.5) is 13.2 Å². The molecule has 5 heteroatoms. The molecule has 0 unspecified atom stereocenters. The van der Waals surface area contributed by atoms with Crippen molar-refractivity contribution in [2.24, 2.45) is 0 Å². The van der Waals surface area contributed by atoms with Crippen LogP contribution in [0.15, 0.2) is 24.3 Å². The first-order valence-corrected chi connectivity index (χ1v) is 4.92. The Morgan fingerprint density at radius 3 is 2.25 bits per heavy atom.